The summed E-state index contributed by atoms with van der Waals surface area (Å²) in [6, 6.07) is 4.94. The second kappa shape index (κ2) is 8.20. The van der Waals surface area contributed by atoms with Crippen molar-refractivity contribution in [1.29, 1.82) is 0 Å². The van der Waals surface area contributed by atoms with Crippen molar-refractivity contribution in [2.24, 2.45) is 0 Å². The summed E-state index contributed by atoms with van der Waals surface area (Å²) >= 11 is 11.1. The van der Waals surface area contributed by atoms with Crippen LogP contribution in [0.2, 0.25) is 5.02 Å². The standard InChI is InChI=1S/C15H20ClNO3S/c1-5-10(4)20-14(18)12-8-11(6-7-13(12)16)17-15(21)19-9(2)3/h6-10H,5H2,1-4H3,(H,17,21). The molecular weight excluding hydrogens is 310 g/mol. The van der Waals surface area contributed by atoms with E-state index in [1.165, 1.54) is 0 Å². The van der Waals surface area contributed by atoms with Crippen molar-refractivity contribution in [1.82, 2.24) is 0 Å². The molecule has 1 N–H and O–H groups in total. The zero-order chi connectivity index (χ0) is 16.0. The summed E-state index contributed by atoms with van der Waals surface area (Å²) in [6.07, 6.45) is 0.566. The van der Waals surface area contributed by atoms with E-state index in [0.717, 1.165) is 6.42 Å². The van der Waals surface area contributed by atoms with Gasteiger partial charge in [0.25, 0.3) is 5.17 Å². The van der Waals surface area contributed by atoms with Crippen LogP contribution in [0.25, 0.3) is 0 Å². The first-order valence-corrected chi connectivity index (χ1v) is 7.60. The lowest BCUT2D eigenvalue weighted by Gasteiger charge is -2.15. The van der Waals surface area contributed by atoms with Crippen LogP contribution in [0, 0.1) is 0 Å². The van der Waals surface area contributed by atoms with Crippen LogP contribution >= 0.6 is 23.8 Å². The van der Waals surface area contributed by atoms with Crippen molar-refractivity contribution in [3.8, 4) is 0 Å². The Morgan fingerprint density at radius 3 is 2.57 bits per heavy atom. The summed E-state index contributed by atoms with van der Waals surface area (Å²) in [5.74, 6) is -0.450. The highest BCUT2D eigenvalue weighted by Gasteiger charge is 2.15. The van der Waals surface area contributed by atoms with E-state index < -0.39 is 5.97 Å². The number of anilines is 1. The number of hydrogen-bond acceptors (Lipinski definition) is 4. The number of carbonyl (C=O) groups is 1. The van der Waals surface area contributed by atoms with Crippen molar-refractivity contribution in [3.63, 3.8) is 0 Å². The average Bonchev–Trinajstić information content (AvgIpc) is 2.39. The molecule has 1 unspecified atom stereocenters. The largest absolute Gasteiger partial charge is 0.468 e. The van der Waals surface area contributed by atoms with E-state index in [-0.39, 0.29) is 17.4 Å². The van der Waals surface area contributed by atoms with Crippen LogP contribution < -0.4 is 5.32 Å². The number of carbonyl (C=O) groups excluding carboxylic acids is 1. The molecule has 0 fully saturated rings. The SMILES string of the molecule is CCC(C)OC(=O)c1cc(NC(=S)OC(C)C)ccc1Cl. The van der Waals surface area contributed by atoms with Crippen LogP contribution in [0.3, 0.4) is 0 Å². The van der Waals surface area contributed by atoms with Gasteiger partial charge in [-0.1, -0.05) is 18.5 Å². The monoisotopic (exact) mass is 329 g/mol. The Labute approximate surface area is 135 Å². The summed E-state index contributed by atoms with van der Waals surface area (Å²) in [4.78, 5) is 12.1. The quantitative estimate of drug-likeness (QED) is 0.640. The van der Waals surface area contributed by atoms with Crippen molar-refractivity contribution < 1.29 is 14.3 Å². The average molecular weight is 330 g/mol. The number of halogens is 1. The summed E-state index contributed by atoms with van der Waals surface area (Å²) in [5, 5.41) is 3.49. The lowest BCUT2D eigenvalue weighted by molar-refractivity contribution is 0.0335. The zero-order valence-electron chi connectivity index (χ0n) is 12.6. The van der Waals surface area contributed by atoms with Crippen molar-refractivity contribution >= 4 is 40.7 Å². The highest BCUT2D eigenvalue weighted by atomic mass is 35.5. The third kappa shape index (κ3) is 5.89. The molecule has 0 radical (unpaired) electrons. The van der Waals surface area contributed by atoms with Crippen molar-refractivity contribution in [2.45, 2.75) is 46.3 Å². The number of thiocarbonyl (C=S) groups is 1. The van der Waals surface area contributed by atoms with E-state index in [1.54, 1.807) is 18.2 Å². The molecule has 0 bridgehead atoms. The van der Waals surface area contributed by atoms with Gasteiger partial charge in [-0.15, -0.1) is 0 Å². The van der Waals surface area contributed by atoms with Gasteiger partial charge in [-0.3, -0.25) is 0 Å². The highest BCUT2D eigenvalue weighted by molar-refractivity contribution is 7.80. The fourth-order valence-corrected chi connectivity index (χ4v) is 1.96. The molecule has 0 saturated heterocycles. The number of esters is 1. The molecule has 6 heteroatoms. The normalized spacial score (nSPS) is 11.9. The van der Waals surface area contributed by atoms with Gasteiger partial charge in [0.2, 0.25) is 0 Å². The topological polar surface area (TPSA) is 47.6 Å². The maximum absolute atomic E-state index is 12.1. The predicted molar refractivity (Wildman–Crippen MR) is 89.1 cm³/mol. The first-order chi connectivity index (χ1) is 9.83. The summed E-state index contributed by atoms with van der Waals surface area (Å²) in [6.45, 7) is 7.54. The zero-order valence-corrected chi connectivity index (χ0v) is 14.2. The first kappa shape index (κ1) is 17.7. The molecule has 21 heavy (non-hydrogen) atoms. The Morgan fingerprint density at radius 1 is 1.33 bits per heavy atom. The maximum atomic E-state index is 12.1. The Morgan fingerprint density at radius 2 is 2.00 bits per heavy atom. The van der Waals surface area contributed by atoms with E-state index >= 15 is 0 Å². The highest BCUT2D eigenvalue weighted by Crippen LogP contribution is 2.22. The minimum atomic E-state index is -0.450. The first-order valence-electron chi connectivity index (χ1n) is 6.81. The Bertz CT molecular complexity index is 520. The molecular formula is C15H20ClNO3S. The summed E-state index contributed by atoms with van der Waals surface area (Å²) in [7, 11) is 0. The molecule has 1 aromatic rings. The van der Waals surface area contributed by atoms with Crippen LogP contribution in [0.15, 0.2) is 18.2 Å². The molecule has 4 nitrogen and oxygen atoms in total. The number of rotatable bonds is 5. The molecule has 0 spiro atoms. The molecule has 0 aliphatic heterocycles. The van der Waals surface area contributed by atoms with Crippen molar-refractivity contribution in [2.75, 3.05) is 5.32 Å². The lowest BCUT2D eigenvalue weighted by atomic mass is 10.2. The molecule has 0 aromatic heterocycles. The number of hydrogen-bond donors (Lipinski definition) is 1. The molecule has 0 aliphatic rings. The number of ether oxygens (including phenoxy) is 2. The van der Waals surface area contributed by atoms with Crippen LogP contribution in [-0.2, 0) is 9.47 Å². The van der Waals surface area contributed by atoms with Crippen molar-refractivity contribution in [3.05, 3.63) is 28.8 Å². The summed E-state index contributed by atoms with van der Waals surface area (Å²) < 4.78 is 10.6. The fourth-order valence-electron chi connectivity index (χ4n) is 1.45. The van der Waals surface area contributed by atoms with Crippen LogP contribution in [0.5, 0.6) is 0 Å². The third-order valence-electron chi connectivity index (χ3n) is 2.66. The fraction of sp³-hybridized carbons (Fsp3) is 0.467. The van der Waals surface area contributed by atoms with E-state index in [1.807, 2.05) is 27.7 Å². The minimum Gasteiger partial charge on any atom is -0.468 e. The van der Waals surface area contributed by atoms with Gasteiger partial charge >= 0.3 is 5.97 Å². The molecule has 1 atom stereocenters. The summed E-state index contributed by atoms with van der Waals surface area (Å²) in [5.41, 5.74) is 0.926. The van der Waals surface area contributed by atoms with Gasteiger partial charge in [-0.05, 0) is 57.6 Å². The van der Waals surface area contributed by atoms with Crippen LogP contribution in [0.1, 0.15) is 44.5 Å². The minimum absolute atomic E-state index is 0.0212. The van der Waals surface area contributed by atoms with E-state index in [4.69, 9.17) is 33.3 Å². The molecule has 1 rings (SSSR count). The molecule has 0 saturated carbocycles. The molecule has 116 valence electrons. The second-order valence-corrected chi connectivity index (χ2v) is 5.68. The molecule has 1 aromatic carbocycles. The van der Waals surface area contributed by atoms with Gasteiger partial charge in [0.1, 0.15) is 0 Å². The maximum Gasteiger partial charge on any atom is 0.339 e. The Kier molecular flexibility index (Phi) is 6.92. The van der Waals surface area contributed by atoms with Gasteiger partial charge in [0.05, 0.1) is 22.8 Å². The Balaban J connectivity index is 2.84. The molecule has 0 heterocycles. The third-order valence-corrected chi connectivity index (χ3v) is 3.19. The van der Waals surface area contributed by atoms with Gasteiger partial charge in [0, 0.05) is 5.69 Å². The molecule has 0 aliphatic carbocycles. The number of nitrogens with one attached hydrogen (secondary N) is 1. The van der Waals surface area contributed by atoms with Crippen LogP contribution in [0.4, 0.5) is 5.69 Å². The van der Waals surface area contributed by atoms with E-state index in [9.17, 15) is 4.79 Å². The Hall–Kier alpha value is -1.33. The van der Waals surface area contributed by atoms with Gasteiger partial charge in [-0.25, -0.2) is 4.79 Å². The smallest absolute Gasteiger partial charge is 0.339 e. The predicted octanol–water partition coefficient (Wildman–Crippen LogP) is 4.42. The van der Waals surface area contributed by atoms with E-state index in [2.05, 4.69) is 5.32 Å². The van der Waals surface area contributed by atoms with Crippen LogP contribution in [-0.4, -0.2) is 23.4 Å². The second-order valence-electron chi connectivity index (χ2n) is 4.90. The lowest BCUT2D eigenvalue weighted by Crippen LogP contribution is -2.18. The van der Waals surface area contributed by atoms with Gasteiger partial charge in [-0.2, -0.15) is 0 Å². The molecule has 0 amide bonds. The van der Waals surface area contributed by atoms with Gasteiger partial charge in [0.15, 0.2) is 0 Å². The van der Waals surface area contributed by atoms with E-state index in [0.29, 0.717) is 16.3 Å². The number of benzene rings is 1. The van der Waals surface area contributed by atoms with Gasteiger partial charge < -0.3 is 14.8 Å².